The second kappa shape index (κ2) is 7.33. The van der Waals surface area contributed by atoms with Crippen LogP contribution < -0.4 is 11.1 Å². The Balaban J connectivity index is 2.08. The van der Waals surface area contributed by atoms with E-state index < -0.39 is 5.92 Å². The molecule has 0 aromatic heterocycles. The molecule has 3 nitrogen and oxygen atoms in total. The Kier molecular flexibility index (Phi) is 5.47. The summed E-state index contributed by atoms with van der Waals surface area (Å²) in [5.74, 6) is -0.790. The molecule has 2 aromatic rings. The molecule has 0 spiro atoms. The summed E-state index contributed by atoms with van der Waals surface area (Å²) in [6.07, 6.45) is 0. The van der Waals surface area contributed by atoms with Crippen molar-refractivity contribution in [1.29, 1.82) is 0 Å². The number of rotatable bonds is 5. The summed E-state index contributed by atoms with van der Waals surface area (Å²) >= 11 is 8.44. The quantitative estimate of drug-likeness (QED) is 0.803. The third-order valence-electron chi connectivity index (χ3n) is 3.04. The van der Waals surface area contributed by atoms with E-state index >= 15 is 0 Å². The number of hydrogen-bond acceptors (Lipinski definition) is 2. The van der Waals surface area contributed by atoms with Gasteiger partial charge in [0.05, 0.1) is 4.99 Å². The van der Waals surface area contributed by atoms with Gasteiger partial charge in [-0.3, -0.25) is 4.79 Å². The van der Waals surface area contributed by atoms with Crippen molar-refractivity contribution < 1.29 is 4.79 Å². The molecule has 0 bridgehead atoms. The molecule has 0 aliphatic heterocycles. The van der Waals surface area contributed by atoms with E-state index in [1.807, 2.05) is 54.6 Å². The van der Waals surface area contributed by atoms with Gasteiger partial charge in [0.2, 0.25) is 5.91 Å². The van der Waals surface area contributed by atoms with E-state index in [0.717, 1.165) is 15.6 Å². The summed E-state index contributed by atoms with van der Waals surface area (Å²) in [6, 6.07) is 17.1. The van der Waals surface area contributed by atoms with Gasteiger partial charge in [0.15, 0.2) is 0 Å². The molecule has 3 N–H and O–H groups in total. The minimum absolute atomic E-state index is 0.174. The maximum Gasteiger partial charge on any atom is 0.234 e. The van der Waals surface area contributed by atoms with Crippen molar-refractivity contribution in [3.63, 3.8) is 0 Å². The summed E-state index contributed by atoms with van der Waals surface area (Å²) in [5.41, 5.74) is 7.54. The zero-order valence-electron chi connectivity index (χ0n) is 11.3. The van der Waals surface area contributed by atoms with Crippen molar-refractivity contribution in [2.75, 3.05) is 0 Å². The molecule has 1 atom stereocenters. The van der Waals surface area contributed by atoms with Crippen LogP contribution in [0.4, 0.5) is 0 Å². The summed E-state index contributed by atoms with van der Waals surface area (Å²) in [6.45, 7) is 0.435. The van der Waals surface area contributed by atoms with Crippen LogP contribution in [0.3, 0.4) is 0 Å². The monoisotopic (exact) mass is 362 g/mol. The van der Waals surface area contributed by atoms with Crippen LogP contribution in [0.5, 0.6) is 0 Å². The van der Waals surface area contributed by atoms with E-state index in [9.17, 15) is 4.79 Å². The minimum atomic E-state index is -0.603. The molecular formula is C16H15BrN2OS. The summed E-state index contributed by atoms with van der Waals surface area (Å²) < 4.78 is 0.975. The van der Waals surface area contributed by atoms with Crippen molar-refractivity contribution in [2.24, 2.45) is 5.73 Å². The lowest BCUT2D eigenvalue weighted by Crippen LogP contribution is -2.35. The van der Waals surface area contributed by atoms with Crippen LogP contribution in [-0.2, 0) is 11.3 Å². The predicted octanol–water partition coefficient (Wildman–Crippen LogP) is 3.14. The normalized spacial score (nSPS) is 11.7. The smallest absolute Gasteiger partial charge is 0.234 e. The fraction of sp³-hybridized carbons (Fsp3) is 0.125. The highest BCUT2D eigenvalue weighted by molar-refractivity contribution is 9.10. The number of thiocarbonyl (C=S) groups is 1. The zero-order valence-corrected chi connectivity index (χ0v) is 13.7. The molecular weight excluding hydrogens is 348 g/mol. The fourth-order valence-corrected chi connectivity index (χ4v) is 2.72. The summed E-state index contributed by atoms with van der Waals surface area (Å²) in [7, 11) is 0. The van der Waals surface area contributed by atoms with Crippen LogP contribution in [0.25, 0.3) is 0 Å². The molecule has 1 unspecified atom stereocenters. The number of halogens is 1. The van der Waals surface area contributed by atoms with Crippen molar-refractivity contribution in [1.82, 2.24) is 5.32 Å². The van der Waals surface area contributed by atoms with Gasteiger partial charge in [0.25, 0.3) is 0 Å². The highest BCUT2D eigenvalue weighted by atomic mass is 79.9. The average molecular weight is 363 g/mol. The lowest BCUT2D eigenvalue weighted by Gasteiger charge is -2.16. The van der Waals surface area contributed by atoms with Gasteiger partial charge in [-0.05, 0) is 23.3 Å². The predicted molar refractivity (Wildman–Crippen MR) is 92.0 cm³/mol. The van der Waals surface area contributed by atoms with E-state index in [2.05, 4.69) is 21.2 Å². The molecule has 2 rings (SSSR count). The van der Waals surface area contributed by atoms with Crippen molar-refractivity contribution >= 4 is 39.0 Å². The molecule has 0 heterocycles. The fourth-order valence-electron chi connectivity index (χ4n) is 2.03. The highest BCUT2D eigenvalue weighted by Gasteiger charge is 2.22. The SMILES string of the molecule is NC(=S)C(C(=O)NCc1cccc(Br)c1)c1ccccc1. The van der Waals surface area contributed by atoms with Crippen LogP contribution in [0.2, 0.25) is 0 Å². The Morgan fingerprint density at radius 1 is 1.19 bits per heavy atom. The first-order chi connectivity index (χ1) is 10.1. The lowest BCUT2D eigenvalue weighted by molar-refractivity contribution is -0.121. The third-order valence-corrected chi connectivity index (χ3v) is 3.76. The molecule has 0 saturated heterocycles. The zero-order chi connectivity index (χ0) is 15.2. The third kappa shape index (κ3) is 4.37. The molecule has 0 aliphatic carbocycles. The standard InChI is InChI=1S/C16H15BrN2OS/c17-13-8-4-5-11(9-13)10-19-16(20)14(15(18)21)12-6-2-1-3-7-12/h1-9,14H,10H2,(H2,18,21)(H,19,20). The molecule has 1 amide bonds. The van der Waals surface area contributed by atoms with Gasteiger partial charge in [0.1, 0.15) is 5.92 Å². The number of carbonyl (C=O) groups excluding carboxylic acids is 1. The molecule has 0 saturated carbocycles. The maximum atomic E-state index is 12.4. The Hall–Kier alpha value is -1.72. The van der Waals surface area contributed by atoms with E-state index in [-0.39, 0.29) is 10.9 Å². The Labute approximate surface area is 137 Å². The van der Waals surface area contributed by atoms with E-state index in [4.69, 9.17) is 18.0 Å². The molecule has 0 aliphatic rings. The van der Waals surface area contributed by atoms with Gasteiger partial charge in [-0.1, -0.05) is 70.6 Å². The number of amides is 1. The van der Waals surface area contributed by atoms with Crippen LogP contribution in [0, 0.1) is 0 Å². The second-order valence-corrected chi connectivity index (χ2v) is 5.98. The first-order valence-electron chi connectivity index (χ1n) is 6.44. The number of nitrogens with two attached hydrogens (primary N) is 1. The van der Waals surface area contributed by atoms with Gasteiger partial charge < -0.3 is 11.1 Å². The molecule has 2 aromatic carbocycles. The number of carbonyl (C=O) groups is 1. The summed E-state index contributed by atoms with van der Waals surface area (Å²) in [4.78, 5) is 12.5. The van der Waals surface area contributed by atoms with E-state index in [1.54, 1.807) is 0 Å². The van der Waals surface area contributed by atoms with Crippen LogP contribution in [-0.4, -0.2) is 10.9 Å². The lowest BCUT2D eigenvalue weighted by atomic mass is 9.98. The molecule has 108 valence electrons. The van der Waals surface area contributed by atoms with E-state index in [0.29, 0.717) is 6.54 Å². The van der Waals surface area contributed by atoms with Crippen molar-refractivity contribution in [2.45, 2.75) is 12.5 Å². The van der Waals surface area contributed by atoms with Crippen molar-refractivity contribution in [3.05, 3.63) is 70.2 Å². The second-order valence-electron chi connectivity index (χ2n) is 4.59. The molecule has 5 heteroatoms. The number of hydrogen-bond donors (Lipinski definition) is 2. The van der Waals surface area contributed by atoms with Gasteiger partial charge >= 0.3 is 0 Å². The average Bonchev–Trinajstić information content (AvgIpc) is 2.46. The van der Waals surface area contributed by atoms with Crippen molar-refractivity contribution in [3.8, 4) is 0 Å². The van der Waals surface area contributed by atoms with Gasteiger partial charge in [-0.2, -0.15) is 0 Å². The highest BCUT2D eigenvalue weighted by Crippen LogP contribution is 2.17. The Morgan fingerprint density at radius 3 is 2.52 bits per heavy atom. The van der Waals surface area contributed by atoms with Gasteiger partial charge in [-0.25, -0.2) is 0 Å². The van der Waals surface area contributed by atoms with Gasteiger partial charge in [0, 0.05) is 11.0 Å². The topological polar surface area (TPSA) is 55.1 Å². The summed E-state index contributed by atoms with van der Waals surface area (Å²) in [5, 5.41) is 2.88. The first-order valence-corrected chi connectivity index (χ1v) is 7.64. The Bertz CT molecular complexity index is 646. The largest absolute Gasteiger partial charge is 0.392 e. The number of nitrogens with one attached hydrogen (secondary N) is 1. The maximum absolute atomic E-state index is 12.4. The van der Waals surface area contributed by atoms with E-state index in [1.165, 1.54) is 0 Å². The van der Waals surface area contributed by atoms with Crippen LogP contribution in [0.1, 0.15) is 17.0 Å². The van der Waals surface area contributed by atoms with Crippen LogP contribution in [0.15, 0.2) is 59.1 Å². The molecule has 21 heavy (non-hydrogen) atoms. The minimum Gasteiger partial charge on any atom is -0.392 e. The van der Waals surface area contributed by atoms with Crippen LogP contribution >= 0.6 is 28.1 Å². The molecule has 0 fully saturated rings. The Morgan fingerprint density at radius 2 is 1.90 bits per heavy atom. The number of benzene rings is 2. The first kappa shape index (κ1) is 15.7. The molecule has 0 radical (unpaired) electrons. The van der Waals surface area contributed by atoms with Gasteiger partial charge in [-0.15, -0.1) is 0 Å².